The van der Waals surface area contributed by atoms with Crippen molar-refractivity contribution in [2.24, 2.45) is 0 Å². The van der Waals surface area contributed by atoms with Crippen LogP contribution in [0, 0.1) is 10.1 Å². The van der Waals surface area contributed by atoms with Crippen LogP contribution in [0.2, 0.25) is 0 Å². The molecule has 0 fully saturated rings. The van der Waals surface area contributed by atoms with E-state index in [0.29, 0.717) is 31.7 Å². The fourth-order valence-corrected chi connectivity index (χ4v) is 4.27. The van der Waals surface area contributed by atoms with E-state index in [-0.39, 0.29) is 10.8 Å². The zero-order valence-electron chi connectivity index (χ0n) is 15.8. The lowest BCUT2D eigenvalue weighted by atomic mass is 10.2. The first-order valence-electron chi connectivity index (χ1n) is 8.64. The zero-order chi connectivity index (χ0) is 21.8. The Bertz CT molecular complexity index is 1260. The topological polar surface area (TPSA) is 145 Å². The summed E-state index contributed by atoms with van der Waals surface area (Å²) in [5.74, 6) is 0.680. The molecule has 0 saturated carbocycles. The molecule has 2 aromatic heterocycles. The minimum atomic E-state index is -0.477. The number of ether oxygens (including phenoxy) is 1. The first kappa shape index (κ1) is 20.4. The predicted octanol–water partition coefficient (Wildman–Crippen LogP) is 4.19. The number of rotatable bonds is 6. The number of amides is 2. The molecule has 2 N–H and O–H groups in total. The van der Waals surface area contributed by atoms with Gasteiger partial charge in [0.05, 0.1) is 17.5 Å². The summed E-state index contributed by atoms with van der Waals surface area (Å²) >= 11 is 2.33. The van der Waals surface area contributed by atoms with Crippen LogP contribution in [0.25, 0.3) is 10.9 Å². The molecular formula is C18H13N7O4S2. The molecule has 0 bridgehead atoms. The third kappa shape index (κ3) is 4.84. The number of benzene rings is 2. The second-order valence-electron chi connectivity index (χ2n) is 5.92. The van der Waals surface area contributed by atoms with Gasteiger partial charge >= 0.3 is 6.03 Å². The Hall–Kier alpha value is -3.84. The molecule has 0 spiro atoms. The average Bonchev–Trinajstić information content (AvgIpc) is 3.20. The zero-order valence-corrected chi connectivity index (χ0v) is 17.4. The number of hydrogen-bond acceptors (Lipinski definition) is 10. The highest BCUT2D eigenvalue weighted by Gasteiger charge is 2.15. The molecule has 0 aliphatic rings. The summed E-state index contributed by atoms with van der Waals surface area (Å²) in [7, 11) is 1.56. The van der Waals surface area contributed by atoms with E-state index in [2.05, 4.69) is 30.8 Å². The number of carbonyl (C=O) groups is 1. The Balaban J connectivity index is 1.46. The van der Waals surface area contributed by atoms with E-state index in [1.807, 2.05) is 0 Å². The highest BCUT2D eigenvalue weighted by Crippen LogP contribution is 2.35. The van der Waals surface area contributed by atoms with E-state index in [0.717, 1.165) is 11.3 Å². The molecule has 4 rings (SSSR count). The van der Waals surface area contributed by atoms with Gasteiger partial charge in [0, 0.05) is 23.2 Å². The molecule has 0 atom stereocenters. The number of carbonyl (C=O) groups excluding carboxylic acids is 1. The molecule has 2 amide bonds. The SMILES string of the molecule is COc1ccc(NC(=O)Nc2nnc(Sc3ncnc4ccc([N+](=O)[O-])cc34)s2)cc1. The minimum absolute atomic E-state index is 0.0565. The van der Waals surface area contributed by atoms with Gasteiger partial charge < -0.3 is 10.1 Å². The number of nitro groups is 1. The maximum absolute atomic E-state index is 12.2. The van der Waals surface area contributed by atoms with Crippen LogP contribution in [0.4, 0.5) is 21.3 Å². The highest BCUT2D eigenvalue weighted by molar-refractivity contribution is 8.01. The first-order valence-corrected chi connectivity index (χ1v) is 10.3. The number of anilines is 2. The van der Waals surface area contributed by atoms with Gasteiger partial charge in [-0.3, -0.25) is 15.4 Å². The molecule has 2 heterocycles. The fraction of sp³-hybridized carbons (Fsp3) is 0.0556. The Morgan fingerprint density at radius 3 is 2.68 bits per heavy atom. The molecule has 13 heteroatoms. The molecular weight excluding hydrogens is 442 g/mol. The Labute approximate surface area is 183 Å². The lowest BCUT2D eigenvalue weighted by molar-refractivity contribution is -0.384. The van der Waals surface area contributed by atoms with Crippen LogP contribution in [0.5, 0.6) is 5.75 Å². The minimum Gasteiger partial charge on any atom is -0.497 e. The Kier molecular flexibility index (Phi) is 5.86. The van der Waals surface area contributed by atoms with Crippen LogP contribution >= 0.6 is 23.1 Å². The number of aromatic nitrogens is 4. The second kappa shape index (κ2) is 8.89. The van der Waals surface area contributed by atoms with Gasteiger partial charge in [-0.2, -0.15) is 0 Å². The molecule has 0 aliphatic heterocycles. The summed E-state index contributed by atoms with van der Waals surface area (Å²) in [6.07, 6.45) is 1.37. The van der Waals surface area contributed by atoms with Crippen LogP contribution < -0.4 is 15.4 Å². The van der Waals surface area contributed by atoms with Crippen molar-refractivity contribution in [3.63, 3.8) is 0 Å². The van der Waals surface area contributed by atoms with Gasteiger partial charge in [0.2, 0.25) is 5.13 Å². The predicted molar refractivity (Wildman–Crippen MR) is 116 cm³/mol. The van der Waals surface area contributed by atoms with Crippen molar-refractivity contribution in [1.29, 1.82) is 0 Å². The van der Waals surface area contributed by atoms with Crippen molar-refractivity contribution < 1.29 is 14.5 Å². The molecule has 0 aliphatic carbocycles. The molecule has 4 aromatic rings. The van der Waals surface area contributed by atoms with Crippen molar-refractivity contribution in [2.45, 2.75) is 9.37 Å². The summed E-state index contributed by atoms with van der Waals surface area (Å²) in [6, 6.07) is 10.8. The van der Waals surface area contributed by atoms with Crippen molar-refractivity contribution >= 4 is 56.5 Å². The third-order valence-corrected chi connectivity index (χ3v) is 5.86. The Morgan fingerprint density at radius 2 is 1.94 bits per heavy atom. The Morgan fingerprint density at radius 1 is 1.13 bits per heavy atom. The van der Waals surface area contributed by atoms with Crippen molar-refractivity contribution in [3.8, 4) is 5.75 Å². The fourth-order valence-electron chi connectivity index (χ4n) is 2.53. The number of fused-ring (bicyclic) bond motifs is 1. The molecule has 31 heavy (non-hydrogen) atoms. The maximum atomic E-state index is 12.2. The average molecular weight is 455 g/mol. The summed E-state index contributed by atoms with van der Waals surface area (Å²) in [4.78, 5) is 31.1. The van der Waals surface area contributed by atoms with Gasteiger partial charge in [-0.15, -0.1) is 10.2 Å². The van der Waals surface area contributed by atoms with Gasteiger partial charge in [-0.1, -0.05) is 11.3 Å². The normalized spacial score (nSPS) is 10.6. The maximum Gasteiger partial charge on any atom is 0.325 e. The van der Waals surface area contributed by atoms with Crippen LogP contribution in [-0.2, 0) is 0 Å². The van der Waals surface area contributed by atoms with Gasteiger partial charge in [0.1, 0.15) is 17.1 Å². The smallest absolute Gasteiger partial charge is 0.325 e. The molecule has 0 saturated heterocycles. The molecule has 11 nitrogen and oxygen atoms in total. The monoisotopic (exact) mass is 455 g/mol. The van der Waals surface area contributed by atoms with Crippen LogP contribution in [0.1, 0.15) is 0 Å². The van der Waals surface area contributed by atoms with Gasteiger partial charge in [-0.05, 0) is 42.1 Å². The van der Waals surface area contributed by atoms with Crippen molar-refractivity contribution in [1.82, 2.24) is 20.2 Å². The van der Waals surface area contributed by atoms with Crippen LogP contribution in [0.15, 0.2) is 58.2 Å². The number of nitro benzene ring substituents is 1. The lowest BCUT2D eigenvalue weighted by Gasteiger charge is -2.05. The van der Waals surface area contributed by atoms with Gasteiger partial charge in [0.25, 0.3) is 5.69 Å². The first-order chi connectivity index (χ1) is 15.0. The van der Waals surface area contributed by atoms with E-state index in [4.69, 9.17) is 4.74 Å². The quantitative estimate of drug-likeness (QED) is 0.189. The molecule has 0 unspecified atom stereocenters. The van der Waals surface area contributed by atoms with E-state index in [1.54, 1.807) is 37.4 Å². The number of nitrogens with zero attached hydrogens (tertiary/aromatic N) is 5. The number of hydrogen-bond donors (Lipinski definition) is 2. The number of methoxy groups -OCH3 is 1. The summed E-state index contributed by atoms with van der Waals surface area (Å²) in [5, 5.41) is 25.7. The van der Waals surface area contributed by atoms with Crippen LogP contribution in [0.3, 0.4) is 0 Å². The van der Waals surface area contributed by atoms with Gasteiger partial charge in [-0.25, -0.2) is 14.8 Å². The number of urea groups is 1. The highest BCUT2D eigenvalue weighted by atomic mass is 32.2. The molecule has 0 radical (unpaired) electrons. The van der Waals surface area contributed by atoms with E-state index >= 15 is 0 Å². The lowest BCUT2D eigenvalue weighted by Crippen LogP contribution is -2.19. The summed E-state index contributed by atoms with van der Waals surface area (Å²) < 4.78 is 5.58. The van der Waals surface area contributed by atoms with E-state index in [9.17, 15) is 14.9 Å². The standard InChI is InChI=1S/C18H13N7O4S2/c1-29-12-5-2-10(3-6-12)21-16(26)22-17-23-24-18(31-17)30-15-13-8-11(25(27)28)4-7-14(13)19-9-20-15/h2-9H,1H3,(H2,21,22,23,26). The largest absolute Gasteiger partial charge is 0.497 e. The van der Waals surface area contributed by atoms with E-state index in [1.165, 1.54) is 30.2 Å². The molecule has 2 aromatic carbocycles. The summed E-state index contributed by atoms with van der Waals surface area (Å²) in [6.45, 7) is 0. The van der Waals surface area contributed by atoms with E-state index < -0.39 is 11.0 Å². The van der Waals surface area contributed by atoms with Crippen LogP contribution in [-0.4, -0.2) is 38.2 Å². The number of non-ortho nitro benzene ring substituents is 1. The summed E-state index contributed by atoms with van der Waals surface area (Å²) in [5.41, 5.74) is 1.11. The molecule has 156 valence electrons. The second-order valence-corrected chi connectivity index (χ2v) is 8.13. The van der Waals surface area contributed by atoms with Crippen molar-refractivity contribution in [2.75, 3.05) is 17.7 Å². The number of nitrogens with one attached hydrogen (secondary N) is 2. The van der Waals surface area contributed by atoms with Gasteiger partial charge in [0.15, 0.2) is 4.34 Å². The third-order valence-electron chi connectivity index (χ3n) is 3.95. The van der Waals surface area contributed by atoms with Crippen molar-refractivity contribution in [3.05, 3.63) is 58.9 Å².